The Morgan fingerprint density at radius 3 is 2.92 bits per heavy atom. The Kier molecular flexibility index (Phi) is 2.73. The van der Waals surface area contributed by atoms with E-state index in [4.69, 9.17) is 16.8 Å². The van der Waals surface area contributed by atoms with E-state index in [-0.39, 0.29) is 17.3 Å². The van der Waals surface area contributed by atoms with Crippen molar-refractivity contribution in [3.8, 4) is 0 Å². The van der Waals surface area contributed by atoms with Gasteiger partial charge in [-0.05, 0) is 24.6 Å². The Morgan fingerprint density at radius 2 is 2.50 bits per heavy atom. The molecule has 0 aromatic carbocycles. The summed E-state index contributed by atoms with van der Waals surface area (Å²) in [7, 11) is 0. The average molecular weight is 190 g/mol. The highest BCUT2D eigenvalue weighted by Gasteiger charge is 2.17. The van der Waals surface area contributed by atoms with Gasteiger partial charge in [-0.25, -0.2) is 5.06 Å². The number of rotatable bonds is 2. The van der Waals surface area contributed by atoms with Crippen LogP contribution in [-0.4, -0.2) is 22.7 Å². The first-order valence-electron chi connectivity index (χ1n) is 3.40. The van der Waals surface area contributed by atoms with Crippen molar-refractivity contribution < 1.29 is 14.4 Å². The molecule has 0 aliphatic rings. The van der Waals surface area contributed by atoms with Crippen molar-refractivity contribution in [3.63, 3.8) is 0 Å². The quantitative estimate of drug-likeness (QED) is 0.570. The molecule has 0 bridgehead atoms. The van der Waals surface area contributed by atoms with Crippen LogP contribution >= 0.6 is 11.6 Å². The molecule has 0 saturated heterocycles. The van der Waals surface area contributed by atoms with E-state index in [1.54, 1.807) is 6.92 Å². The fraction of sp³-hybridized carbons (Fsp3) is 0.286. The predicted octanol–water partition coefficient (Wildman–Crippen LogP) is 1.78. The summed E-state index contributed by atoms with van der Waals surface area (Å²) in [5.74, 6) is -0.559. The summed E-state index contributed by atoms with van der Waals surface area (Å²) in [6.07, 6.45) is 1.29. The van der Waals surface area contributed by atoms with Gasteiger partial charge < -0.3 is 4.42 Å². The molecule has 1 amide bonds. The van der Waals surface area contributed by atoms with Crippen LogP contribution in [0.1, 0.15) is 17.3 Å². The van der Waals surface area contributed by atoms with Crippen molar-refractivity contribution in [2.24, 2.45) is 0 Å². The highest BCUT2D eigenvalue weighted by molar-refractivity contribution is 6.32. The maximum Gasteiger partial charge on any atom is 0.282 e. The van der Waals surface area contributed by atoms with E-state index in [0.717, 1.165) is 0 Å². The van der Waals surface area contributed by atoms with Crippen LogP contribution in [0.5, 0.6) is 0 Å². The monoisotopic (exact) mass is 189 g/mol. The van der Waals surface area contributed by atoms with Crippen molar-refractivity contribution in [1.82, 2.24) is 5.06 Å². The Balaban J connectivity index is 2.85. The van der Waals surface area contributed by atoms with Gasteiger partial charge in [0.05, 0.1) is 11.8 Å². The van der Waals surface area contributed by atoms with Gasteiger partial charge in [0.25, 0.3) is 5.91 Å². The lowest BCUT2D eigenvalue weighted by Crippen LogP contribution is -2.26. The van der Waals surface area contributed by atoms with Gasteiger partial charge in [0.15, 0.2) is 0 Å². The molecular formula is C7H8ClNO3. The molecule has 0 fully saturated rings. The lowest BCUT2D eigenvalue weighted by molar-refractivity contribution is -0.0542. The first kappa shape index (κ1) is 9.09. The Hall–Kier alpha value is -1.00. The first-order chi connectivity index (χ1) is 5.66. The van der Waals surface area contributed by atoms with Crippen LogP contribution in [0.2, 0.25) is 5.22 Å². The zero-order valence-corrected chi connectivity index (χ0v) is 7.21. The zero-order valence-electron chi connectivity index (χ0n) is 6.45. The van der Waals surface area contributed by atoms with Gasteiger partial charge in [-0.1, -0.05) is 0 Å². The van der Waals surface area contributed by atoms with Gasteiger partial charge in [0.1, 0.15) is 0 Å². The summed E-state index contributed by atoms with van der Waals surface area (Å²) in [5.41, 5.74) is 0.168. The Bertz CT molecular complexity index is 284. The molecule has 1 aromatic rings. The highest BCUT2D eigenvalue weighted by Crippen LogP contribution is 2.17. The second-order valence-corrected chi connectivity index (χ2v) is 2.47. The number of halogens is 1. The molecule has 0 aliphatic heterocycles. The van der Waals surface area contributed by atoms with E-state index < -0.39 is 5.91 Å². The van der Waals surface area contributed by atoms with Crippen molar-refractivity contribution in [1.29, 1.82) is 0 Å². The molecular weight excluding hydrogens is 182 g/mol. The fourth-order valence-corrected chi connectivity index (χ4v) is 0.924. The summed E-state index contributed by atoms with van der Waals surface area (Å²) < 4.78 is 4.69. The molecule has 0 spiro atoms. The standard InChI is InChI=1S/C7H8ClNO3/c1-2-9(11)7(10)5-3-4-12-6(5)8/h3-4,11H,2H2,1H3. The SMILES string of the molecule is CCN(O)C(=O)c1ccoc1Cl. The van der Waals surface area contributed by atoms with Crippen molar-refractivity contribution in [2.45, 2.75) is 6.92 Å². The second kappa shape index (κ2) is 3.60. The van der Waals surface area contributed by atoms with Gasteiger partial charge >= 0.3 is 0 Å². The van der Waals surface area contributed by atoms with Gasteiger partial charge in [-0.2, -0.15) is 0 Å². The van der Waals surface area contributed by atoms with Crippen LogP contribution in [0, 0.1) is 0 Å². The maximum absolute atomic E-state index is 11.2. The molecule has 0 atom stereocenters. The minimum atomic E-state index is -0.559. The molecule has 0 aliphatic carbocycles. The lowest BCUT2D eigenvalue weighted by Gasteiger charge is -2.10. The number of amides is 1. The largest absolute Gasteiger partial charge is 0.452 e. The van der Waals surface area contributed by atoms with Gasteiger partial charge in [0.2, 0.25) is 5.22 Å². The number of hydrogen-bond donors (Lipinski definition) is 1. The number of hydrogen-bond acceptors (Lipinski definition) is 3. The number of carbonyl (C=O) groups excluding carboxylic acids is 1. The molecule has 4 nitrogen and oxygen atoms in total. The lowest BCUT2D eigenvalue weighted by atomic mass is 10.3. The molecule has 12 heavy (non-hydrogen) atoms. The van der Waals surface area contributed by atoms with Gasteiger partial charge in [-0.3, -0.25) is 10.0 Å². The van der Waals surface area contributed by atoms with E-state index in [1.165, 1.54) is 12.3 Å². The molecule has 1 heterocycles. The molecule has 1 aromatic heterocycles. The third kappa shape index (κ3) is 1.60. The van der Waals surface area contributed by atoms with Gasteiger partial charge in [0, 0.05) is 6.54 Å². The van der Waals surface area contributed by atoms with E-state index in [0.29, 0.717) is 5.06 Å². The third-order valence-electron chi connectivity index (χ3n) is 1.38. The summed E-state index contributed by atoms with van der Waals surface area (Å²) in [6, 6.07) is 1.41. The molecule has 1 N–H and O–H groups in total. The minimum Gasteiger partial charge on any atom is -0.452 e. The minimum absolute atomic E-state index is 0.00694. The van der Waals surface area contributed by atoms with Gasteiger partial charge in [-0.15, -0.1) is 0 Å². The van der Waals surface area contributed by atoms with Crippen molar-refractivity contribution in [3.05, 3.63) is 23.1 Å². The topological polar surface area (TPSA) is 53.7 Å². The molecule has 0 radical (unpaired) electrons. The van der Waals surface area contributed by atoms with E-state index in [2.05, 4.69) is 4.42 Å². The highest BCUT2D eigenvalue weighted by atomic mass is 35.5. The van der Waals surface area contributed by atoms with E-state index in [1.807, 2.05) is 0 Å². The number of furan rings is 1. The Morgan fingerprint density at radius 1 is 1.83 bits per heavy atom. The van der Waals surface area contributed by atoms with Crippen LogP contribution in [-0.2, 0) is 0 Å². The number of carbonyl (C=O) groups is 1. The first-order valence-corrected chi connectivity index (χ1v) is 3.78. The predicted molar refractivity (Wildman–Crippen MR) is 42.2 cm³/mol. The third-order valence-corrected chi connectivity index (χ3v) is 1.68. The number of hydroxylamine groups is 2. The summed E-state index contributed by atoms with van der Waals surface area (Å²) >= 11 is 5.51. The normalized spacial score (nSPS) is 9.92. The van der Waals surface area contributed by atoms with Crippen LogP contribution in [0.4, 0.5) is 0 Å². The number of nitrogens with zero attached hydrogens (tertiary/aromatic N) is 1. The van der Waals surface area contributed by atoms with E-state index >= 15 is 0 Å². The van der Waals surface area contributed by atoms with Crippen LogP contribution < -0.4 is 0 Å². The van der Waals surface area contributed by atoms with Crippen molar-refractivity contribution >= 4 is 17.5 Å². The molecule has 1 rings (SSSR count). The zero-order chi connectivity index (χ0) is 9.14. The molecule has 0 unspecified atom stereocenters. The van der Waals surface area contributed by atoms with Crippen LogP contribution in [0.15, 0.2) is 16.7 Å². The van der Waals surface area contributed by atoms with Crippen LogP contribution in [0.25, 0.3) is 0 Å². The maximum atomic E-state index is 11.2. The average Bonchev–Trinajstić information content (AvgIpc) is 2.48. The molecule has 0 saturated carbocycles. The summed E-state index contributed by atoms with van der Waals surface area (Å²) in [6.45, 7) is 1.85. The summed E-state index contributed by atoms with van der Waals surface area (Å²) in [5, 5.41) is 9.57. The summed E-state index contributed by atoms with van der Waals surface area (Å²) in [4.78, 5) is 11.2. The van der Waals surface area contributed by atoms with Crippen molar-refractivity contribution in [2.75, 3.05) is 6.54 Å². The Labute approximate surface area is 74.3 Å². The smallest absolute Gasteiger partial charge is 0.282 e. The van der Waals surface area contributed by atoms with E-state index in [9.17, 15) is 4.79 Å². The fourth-order valence-electron chi connectivity index (χ4n) is 0.729. The molecule has 5 heteroatoms. The molecule has 66 valence electrons. The van der Waals surface area contributed by atoms with Crippen LogP contribution in [0.3, 0.4) is 0 Å². The second-order valence-electron chi connectivity index (χ2n) is 2.13.